The predicted octanol–water partition coefficient (Wildman–Crippen LogP) is 1.60. The summed E-state index contributed by atoms with van der Waals surface area (Å²) < 4.78 is 4.70. The van der Waals surface area contributed by atoms with E-state index < -0.39 is 11.9 Å². The second-order valence-corrected chi connectivity index (χ2v) is 5.33. The number of methoxy groups -OCH3 is 1. The summed E-state index contributed by atoms with van der Waals surface area (Å²) in [6.07, 6.45) is 1.37. The highest BCUT2D eigenvalue weighted by Gasteiger charge is 2.33. The number of ether oxygens (including phenoxy) is 1. The number of aryl methyl sites for hydroxylation is 1. The molecule has 0 saturated carbocycles. The fraction of sp³-hybridized carbons (Fsp3) is 0.500. The van der Waals surface area contributed by atoms with E-state index in [2.05, 4.69) is 36.1 Å². The number of Topliss-reactive ketones (excluding diaryl/α,β-unsaturated/α-hetero) is 1. The molecule has 0 amide bonds. The highest BCUT2D eigenvalue weighted by atomic mass is 16.5. The van der Waals surface area contributed by atoms with Crippen LogP contribution in [0.3, 0.4) is 0 Å². The molecular weight excluding hydrogens is 254 g/mol. The van der Waals surface area contributed by atoms with E-state index in [1.54, 1.807) is 0 Å². The van der Waals surface area contributed by atoms with Crippen molar-refractivity contribution in [2.24, 2.45) is 5.92 Å². The van der Waals surface area contributed by atoms with Gasteiger partial charge in [-0.3, -0.25) is 9.59 Å². The van der Waals surface area contributed by atoms with Gasteiger partial charge >= 0.3 is 5.97 Å². The van der Waals surface area contributed by atoms with Gasteiger partial charge in [0, 0.05) is 26.1 Å². The first-order valence-electron chi connectivity index (χ1n) is 6.98. The molecule has 4 nitrogen and oxygen atoms in total. The number of nitrogens with zero attached hydrogens (tertiary/aromatic N) is 1. The molecule has 1 aliphatic rings. The Balaban J connectivity index is 1.90. The first kappa shape index (κ1) is 14.7. The lowest BCUT2D eigenvalue weighted by molar-refractivity contribution is -0.151. The minimum atomic E-state index is -0.605. The van der Waals surface area contributed by atoms with E-state index in [0.29, 0.717) is 13.0 Å². The molecule has 1 aliphatic heterocycles. The molecule has 0 N–H and O–H groups in total. The first-order valence-corrected chi connectivity index (χ1v) is 6.98. The molecule has 0 bridgehead atoms. The van der Waals surface area contributed by atoms with Crippen LogP contribution in [0.1, 0.15) is 17.5 Å². The maximum Gasteiger partial charge on any atom is 0.317 e. The Hall–Kier alpha value is -1.68. The Morgan fingerprint density at radius 1 is 1.45 bits per heavy atom. The van der Waals surface area contributed by atoms with Gasteiger partial charge in [-0.25, -0.2) is 0 Å². The molecule has 0 radical (unpaired) electrons. The van der Waals surface area contributed by atoms with Crippen LogP contribution in [0.15, 0.2) is 24.3 Å². The number of carbonyl (C=O) groups excluding carboxylic acids is 2. The molecule has 1 aromatic rings. The molecule has 0 aromatic heterocycles. The second-order valence-electron chi connectivity index (χ2n) is 5.33. The molecule has 20 heavy (non-hydrogen) atoms. The van der Waals surface area contributed by atoms with Gasteiger partial charge in [-0.1, -0.05) is 29.8 Å². The highest BCUT2D eigenvalue weighted by molar-refractivity contribution is 5.99. The molecule has 1 unspecified atom stereocenters. The lowest BCUT2D eigenvalue weighted by Crippen LogP contribution is -2.45. The highest BCUT2D eigenvalue weighted by Crippen LogP contribution is 2.15. The number of rotatable bonds is 4. The van der Waals surface area contributed by atoms with Gasteiger partial charge in [0.05, 0.1) is 7.11 Å². The van der Waals surface area contributed by atoms with Crippen molar-refractivity contribution < 1.29 is 14.3 Å². The monoisotopic (exact) mass is 275 g/mol. The number of likely N-dealkylation sites (tertiary alicyclic amines) is 1. The van der Waals surface area contributed by atoms with E-state index in [0.717, 1.165) is 19.5 Å². The fourth-order valence-electron chi connectivity index (χ4n) is 2.60. The van der Waals surface area contributed by atoms with Gasteiger partial charge in [0.2, 0.25) is 0 Å². The van der Waals surface area contributed by atoms with Gasteiger partial charge in [-0.15, -0.1) is 0 Å². The topological polar surface area (TPSA) is 46.6 Å². The van der Waals surface area contributed by atoms with E-state index in [1.165, 1.54) is 18.2 Å². The van der Waals surface area contributed by atoms with Crippen molar-refractivity contribution in [2.75, 3.05) is 26.7 Å². The van der Waals surface area contributed by atoms with E-state index in [1.807, 2.05) is 0 Å². The van der Waals surface area contributed by atoms with Crippen LogP contribution >= 0.6 is 0 Å². The summed E-state index contributed by atoms with van der Waals surface area (Å²) in [6.45, 7) is 4.16. The van der Waals surface area contributed by atoms with Crippen molar-refractivity contribution in [1.29, 1.82) is 0 Å². The lowest BCUT2D eigenvalue weighted by Gasteiger charge is -2.30. The Morgan fingerprint density at radius 3 is 2.95 bits per heavy atom. The summed E-state index contributed by atoms with van der Waals surface area (Å²) in [5.74, 6) is -1.01. The summed E-state index contributed by atoms with van der Waals surface area (Å²) in [4.78, 5) is 25.5. The molecule has 1 heterocycles. The van der Waals surface area contributed by atoms with E-state index in [-0.39, 0.29) is 5.78 Å². The van der Waals surface area contributed by atoms with Crippen LogP contribution < -0.4 is 0 Å². The van der Waals surface area contributed by atoms with Crippen molar-refractivity contribution in [2.45, 2.75) is 19.8 Å². The third-order valence-corrected chi connectivity index (χ3v) is 3.79. The Bertz CT molecular complexity index is 490. The smallest absolute Gasteiger partial charge is 0.317 e. The second kappa shape index (κ2) is 6.66. The normalized spacial score (nSPS) is 19.9. The van der Waals surface area contributed by atoms with Gasteiger partial charge in [0.25, 0.3) is 0 Å². The molecule has 4 heteroatoms. The first-order chi connectivity index (χ1) is 9.60. The van der Waals surface area contributed by atoms with E-state index in [9.17, 15) is 9.59 Å². The molecule has 2 rings (SSSR count). The third-order valence-electron chi connectivity index (χ3n) is 3.79. The van der Waals surface area contributed by atoms with Crippen molar-refractivity contribution in [3.05, 3.63) is 35.4 Å². The van der Waals surface area contributed by atoms with Crippen molar-refractivity contribution in [3.8, 4) is 0 Å². The largest absolute Gasteiger partial charge is 0.468 e. The standard InChI is InChI=1S/C16H21NO3/c1-12-4-3-5-13(10-12)6-8-17-9-7-15(18)14(11-17)16(19)20-2/h3-5,10,14H,6-9,11H2,1-2H3. The van der Waals surface area contributed by atoms with Crippen molar-refractivity contribution >= 4 is 11.8 Å². The van der Waals surface area contributed by atoms with Gasteiger partial charge in [0.1, 0.15) is 11.7 Å². The summed E-state index contributed by atoms with van der Waals surface area (Å²) >= 11 is 0. The van der Waals surface area contributed by atoms with Crippen molar-refractivity contribution in [1.82, 2.24) is 4.90 Å². The maximum atomic E-state index is 11.7. The number of hydrogen-bond donors (Lipinski definition) is 0. The van der Waals surface area contributed by atoms with Gasteiger partial charge in [-0.2, -0.15) is 0 Å². The molecule has 1 aromatic carbocycles. The van der Waals surface area contributed by atoms with E-state index >= 15 is 0 Å². The Kier molecular flexibility index (Phi) is 4.90. The maximum absolute atomic E-state index is 11.7. The number of esters is 1. The Morgan fingerprint density at radius 2 is 2.25 bits per heavy atom. The van der Waals surface area contributed by atoms with Gasteiger partial charge in [-0.05, 0) is 18.9 Å². The average molecular weight is 275 g/mol. The quantitative estimate of drug-likeness (QED) is 0.618. The molecule has 0 aliphatic carbocycles. The number of carbonyl (C=O) groups is 2. The summed E-state index contributed by atoms with van der Waals surface area (Å²) in [5, 5.41) is 0. The van der Waals surface area contributed by atoms with Gasteiger partial charge < -0.3 is 9.64 Å². The van der Waals surface area contributed by atoms with Crippen LogP contribution in [-0.4, -0.2) is 43.4 Å². The zero-order valence-electron chi connectivity index (χ0n) is 12.1. The molecule has 1 atom stereocenters. The zero-order valence-corrected chi connectivity index (χ0v) is 12.1. The Labute approximate surface area is 119 Å². The molecular formula is C16H21NO3. The number of benzene rings is 1. The minimum Gasteiger partial charge on any atom is -0.468 e. The minimum absolute atomic E-state index is 0.00338. The van der Waals surface area contributed by atoms with Crippen LogP contribution in [0.5, 0.6) is 0 Å². The van der Waals surface area contributed by atoms with Crippen molar-refractivity contribution in [3.63, 3.8) is 0 Å². The zero-order chi connectivity index (χ0) is 14.5. The van der Waals surface area contributed by atoms with Crippen LogP contribution in [0.4, 0.5) is 0 Å². The summed E-state index contributed by atoms with van der Waals surface area (Å²) in [6, 6.07) is 8.42. The van der Waals surface area contributed by atoms with Crippen LogP contribution in [-0.2, 0) is 20.7 Å². The van der Waals surface area contributed by atoms with Crippen LogP contribution in [0, 0.1) is 12.8 Å². The fourth-order valence-corrected chi connectivity index (χ4v) is 2.60. The SMILES string of the molecule is COC(=O)C1CN(CCc2cccc(C)c2)CCC1=O. The number of hydrogen-bond acceptors (Lipinski definition) is 4. The molecule has 0 spiro atoms. The van der Waals surface area contributed by atoms with Crippen LogP contribution in [0.25, 0.3) is 0 Å². The average Bonchev–Trinajstić information content (AvgIpc) is 2.45. The van der Waals surface area contributed by atoms with Crippen LogP contribution in [0.2, 0.25) is 0 Å². The summed E-state index contributed by atoms with van der Waals surface area (Å²) in [5.41, 5.74) is 2.54. The lowest BCUT2D eigenvalue weighted by atomic mass is 9.96. The number of ketones is 1. The summed E-state index contributed by atoms with van der Waals surface area (Å²) in [7, 11) is 1.33. The predicted molar refractivity (Wildman–Crippen MR) is 76.5 cm³/mol. The molecule has 108 valence electrons. The molecule has 1 fully saturated rings. The molecule has 1 saturated heterocycles. The number of piperidine rings is 1. The van der Waals surface area contributed by atoms with E-state index in [4.69, 9.17) is 4.74 Å². The third kappa shape index (κ3) is 3.67. The van der Waals surface area contributed by atoms with Gasteiger partial charge in [0.15, 0.2) is 0 Å².